The van der Waals surface area contributed by atoms with Gasteiger partial charge in [-0.3, -0.25) is 0 Å². The van der Waals surface area contributed by atoms with Gasteiger partial charge in [0.1, 0.15) is 0 Å². The molecule has 1 aromatic carbocycles. The van der Waals surface area contributed by atoms with Crippen LogP contribution in [0.3, 0.4) is 0 Å². The zero-order chi connectivity index (χ0) is 17.7. The number of benzene rings is 1. The average Bonchev–Trinajstić information content (AvgIpc) is 3.08. The van der Waals surface area contributed by atoms with Gasteiger partial charge in [-0.15, -0.1) is 0 Å². The molecule has 2 heterocycles. The van der Waals surface area contributed by atoms with Gasteiger partial charge in [0.15, 0.2) is 0 Å². The first-order valence-corrected chi connectivity index (χ1v) is 9.20. The van der Waals surface area contributed by atoms with Crippen molar-refractivity contribution in [1.29, 1.82) is 0 Å². The molecule has 3 rings (SSSR count). The number of rotatable bonds is 6. The average molecular weight is 356 g/mol. The van der Waals surface area contributed by atoms with Crippen molar-refractivity contribution in [2.24, 2.45) is 5.92 Å². The lowest BCUT2D eigenvalue weighted by Gasteiger charge is -2.33. The fourth-order valence-corrected chi connectivity index (χ4v) is 3.82. The largest absolute Gasteiger partial charge is 0.390 e. The molecule has 2 aliphatic rings. The Hall–Kier alpha value is -1.11. The Morgan fingerprint density at radius 2 is 1.80 bits per heavy atom. The van der Waals surface area contributed by atoms with Crippen LogP contribution in [0.1, 0.15) is 37.4 Å². The Morgan fingerprint density at radius 3 is 2.48 bits per heavy atom. The van der Waals surface area contributed by atoms with Crippen molar-refractivity contribution in [2.45, 2.75) is 44.0 Å². The molecule has 0 aliphatic carbocycles. The van der Waals surface area contributed by atoms with E-state index in [0.29, 0.717) is 12.0 Å². The summed E-state index contributed by atoms with van der Waals surface area (Å²) in [5.74, 6) is 0.464. The molecule has 2 fully saturated rings. The molecule has 0 amide bonds. The van der Waals surface area contributed by atoms with E-state index in [1.165, 1.54) is 5.56 Å². The number of hydrogen-bond donors (Lipinski definition) is 1. The summed E-state index contributed by atoms with van der Waals surface area (Å²) >= 11 is 0. The molecule has 0 radical (unpaired) electrons. The number of alkyl halides is 3. The lowest BCUT2D eigenvalue weighted by atomic mass is 9.94. The number of nitrogens with zero attached hydrogens (tertiary/aromatic N) is 1. The lowest BCUT2D eigenvalue weighted by molar-refractivity contribution is -0.138. The van der Waals surface area contributed by atoms with Crippen LogP contribution in [-0.4, -0.2) is 49.9 Å². The second-order valence-corrected chi connectivity index (χ2v) is 7.14. The number of nitrogens with one attached hydrogen (secondary N) is 1. The SMILES string of the molecule is FC(F)(F)CCN1CCC(NC[C@H]2CCO[C@@H]2c2ccccc2)CC1. The van der Waals surface area contributed by atoms with E-state index in [4.69, 9.17) is 4.74 Å². The van der Waals surface area contributed by atoms with E-state index in [0.717, 1.165) is 45.5 Å². The van der Waals surface area contributed by atoms with Gasteiger partial charge in [-0.1, -0.05) is 30.3 Å². The van der Waals surface area contributed by atoms with Crippen LogP contribution in [0.25, 0.3) is 0 Å². The Bertz CT molecular complexity index is 515. The highest BCUT2D eigenvalue weighted by Gasteiger charge is 2.31. The van der Waals surface area contributed by atoms with E-state index in [2.05, 4.69) is 17.4 Å². The van der Waals surface area contributed by atoms with Gasteiger partial charge >= 0.3 is 6.18 Å². The highest BCUT2D eigenvalue weighted by molar-refractivity contribution is 5.19. The highest BCUT2D eigenvalue weighted by atomic mass is 19.4. The van der Waals surface area contributed by atoms with Gasteiger partial charge in [0.25, 0.3) is 0 Å². The minimum Gasteiger partial charge on any atom is -0.373 e. The van der Waals surface area contributed by atoms with Crippen LogP contribution in [0.2, 0.25) is 0 Å². The third-order valence-electron chi connectivity index (χ3n) is 5.31. The highest BCUT2D eigenvalue weighted by Crippen LogP contribution is 2.34. The number of ether oxygens (including phenoxy) is 1. The quantitative estimate of drug-likeness (QED) is 0.840. The van der Waals surface area contributed by atoms with Crippen molar-refractivity contribution in [2.75, 3.05) is 32.8 Å². The maximum Gasteiger partial charge on any atom is 0.390 e. The molecule has 0 saturated carbocycles. The number of piperidine rings is 1. The third kappa shape index (κ3) is 5.69. The fourth-order valence-electron chi connectivity index (χ4n) is 3.82. The molecular weight excluding hydrogens is 329 g/mol. The zero-order valence-corrected chi connectivity index (χ0v) is 14.5. The summed E-state index contributed by atoms with van der Waals surface area (Å²) in [4.78, 5) is 1.93. The van der Waals surface area contributed by atoms with Gasteiger partial charge in [0.2, 0.25) is 0 Å². The molecule has 1 aromatic rings. The van der Waals surface area contributed by atoms with E-state index in [-0.39, 0.29) is 12.6 Å². The van der Waals surface area contributed by atoms with Crippen molar-refractivity contribution < 1.29 is 17.9 Å². The van der Waals surface area contributed by atoms with Crippen LogP contribution in [0.15, 0.2) is 30.3 Å². The molecule has 0 spiro atoms. The number of likely N-dealkylation sites (tertiary alicyclic amines) is 1. The van der Waals surface area contributed by atoms with Gasteiger partial charge in [-0.25, -0.2) is 0 Å². The molecule has 3 nitrogen and oxygen atoms in total. The maximum absolute atomic E-state index is 12.3. The van der Waals surface area contributed by atoms with E-state index in [1.807, 2.05) is 23.1 Å². The van der Waals surface area contributed by atoms with E-state index in [1.54, 1.807) is 0 Å². The van der Waals surface area contributed by atoms with Crippen LogP contribution >= 0.6 is 0 Å². The normalized spacial score (nSPS) is 26.2. The third-order valence-corrected chi connectivity index (χ3v) is 5.31. The van der Waals surface area contributed by atoms with Crippen LogP contribution in [0, 0.1) is 5.92 Å². The lowest BCUT2D eigenvalue weighted by Crippen LogP contribution is -2.44. The summed E-state index contributed by atoms with van der Waals surface area (Å²) in [5, 5.41) is 3.63. The van der Waals surface area contributed by atoms with Crippen molar-refractivity contribution in [1.82, 2.24) is 10.2 Å². The predicted octanol–water partition coefficient (Wildman–Crippen LogP) is 3.77. The van der Waals surface area contributed by atoms with Crippen molar-refractivity contribution in [3.05, 3.63) is 35.9 Å². The standard InChI is InChI=1S/C19H27F3N2O/c20-19(21,22)9-12-24-10-6-17(7-11-24)23-14-16-8-13-25-18(16)15-4-2-1-3-5-15/h1-5,16-18,23H,6-14H2/t16-,18-/m1/s1. The molecule has 0 aromatic heterocycles. The Kier molecular flexibility index (Phi) is 6.36. The van der Waals surface area contributed by atoms with Crippen LogP contribution in [-0.2, 0) is 4.74 Å². The van der Waals surface area contributed by atoms with Gasteiger partial charge in [-0.2, -0.15) is 13.2 Å². The van der Waals surface area contributed by atoms with Crippen LogP contribution in [0.4, 0.5) is 13.2 Å². The Balaban J connectivity index is 1.39. The van der Waals surface area contributed by atoms with Gasteiger partial charge in [0, 0.05) is 31.7 Å². The minimum atomic E-state index is -4.05. The second kappa shape index (κ2) is 8.52. The van der Waals surface area contributed by atoms with Gasteiger partial charge < -0.3 is 15.0 Å². The summed E-state index contributed by atoms with van der Waals surface area (Å²) in [5.41, 5.74) is 1.23. The molecule has 140 valence electrons. The molecule has 0 unspecified atom stereocenters. The summed E-state index contributed by atoms with van der Waals surface area (Å²) in [6.07, 6.45) is -1.71. The van der Waals surface area contributed by atoms with E-state index < -0.39 is 12.6 Å². The van der Waals surface area contributed by atoms with Gasteiger partial charge in [0.05, 0.1) is 12.5 Å². The number of halogens is 3. The van der Waals surface area contributed by atoms with Crippen LogP contribution in [0.5, 0.6) is 0 Å². The first kappa shape index (κ1) is 18.7. The summed E-state index contributed by atoms with van der Waals surface area (Å²) in [7, 11) is 0. The van der Waals surface area contributed by atoms with Crippen molar-refractivity contribution >= 4 is 0 Å². The predicted molar refractivity (Wildman–Crippen MR) is 91.4 cm³/mol. The first-order chi connectivity index (χ1) is 12.0. The van der Waals surface area contributed by atoms with Gasteiger partial charge in [-0.05, 0) is 37.9 Å². The maximum atomic E-state index is 12.3. The molecule has 2 aliphatic heterocycles. The topological polar surface area (TPSA) is 24.5 Å². The number of hydrogen-bond acceptors (Lipinski definition) is 3. The van der Waals surface area contributed by atoms with Crippen molar-refractivity contribution in [3.8, 4) is 0 Å². The van der Waals surface area contributed by atoms with E-state index >= 15 is 0 Å². The molecule has 2 saturated heterocycles. The molecule has 25 heavy (non-hydrogen) atoms. The Labute approximate surface area is 147 Å². The fraction of sp³-hybridized carbons (Fsp3) is 0.684. The molecule has 1 N–H and O–H groups in total. The molecule has 6 heteroatoms. The minimum absolute atomic E-state index is 0.128. The Morgan fingerprint density at radius 1 is 1.08 bits per heavy atom. The second-order valence-electron chi connectivity index (χ2n) is 7.14. The zero-order valence-electron chi connectivity index (χ0n) is 14.5. The molecule has 2 atom stereocenters. The smallest absolute Gasteiger partial charge is 0.373 e. The summed E-state index contributed by atoms with van der Waals surface area (Å²) in [6, 6.07) is 10.7. The summed E-state index contributed by atoms with van der Waals surface area (Å²) in [6.45, 7) is 3.32. The first-order valence-electron chi connectivity index (χ1n) is 9.20. The molecular formula is C19H27F3N2O. The summed E-state index contributed by atoms with van der Waals surface area (Å²) < 4.78 is 42.8. The van der Waals surface area contributed by atoms with Crippen LogP contribution < -0.4 is 5.32 Å². The van der Waals surface area contributed by atoms with E-state index in [9.17, 15) is 13.2 Å². The molecule has 0 bridgehead atoms. The monoisotopic (exact) mass is 356 g/mol. The van der Waals surface area contributed by atoms with Crippen molar-refractivity contribution in [3.63, 3.8) is 0 Å².